The van der Waals surface area contributed by atoms with E-state index < -0.39 is 0 Å². The molecule has 0 aliphatic carbocycles. The highest BCUT2D eigenvalue weighted by molar-refractivity contribution is 7.98. The van der Waals surface area contributed by atoms with Gasteiger partial charge in [0.2, 0.25) is 0 Å². The van der Waals surface area contributed by atoms with Crippen LogP contribution in [-0.2, 0) is 5.75 Å². The number of nitrogens with zero attached hydrogens (tertiary/aromatic N) is 3. The van der Waals surface area contributed by atoms with E-state index in [0.717, 1.165) is 16.2 Å². The summed E-state index contributed by atoms with van der Waals surface area (Å²) in [4.78, 5) is 1.03. The largest absolute Gasteiger partial charge is 0.345 e. The molecular formula is C18H10Cl2N4S. The summed E-state index contributed by atoms with van der Waals surface area (Å²) in [5.41, 5.74) is 1.36. The monoisotopic (exact) mass is 384 g/mol. The SMILES string of the molecule is N#CC(C#N)=C(C#N)Nc1ccc(SCc2ccc(Cl)c(Cl)c2)cc1. The standard InChI is InChI=1S/C18H10Cl2N4S/c19-16-6-1-12(7-17(16)20)11-25-15-4-2-14(3-5-15)24-18(10-23)13(8-21)9-22/h1-7,24H,11H2. The molecule has 0 aliphatic heterocycles. The number of nitriles is 3. The Balaban J connectivity index is 2.04. The van der Waals surface area contributed by atoms with Gasteiger partial charge >= 0.3 is 0 Å². The maximum Gasteiger partial charge on any atom is 0.163 e. The molecule has 2 aromatic carbocycles. The predicted octanol–water partition coefficient (Wildman–Crippen LogP) is 5.52. The lowest BCUT2D eigenvalue weighted by molar-refractivity contribution is 1.35. The zero-order chi connectivity index (χ0) is 18.2. The zero-order valence-electron chi connectivity index (χ0n) is 12.8. The summed E-state index contributed by atoms with van der Waals surface area (Å²) in [5.74, 6) is 0.736. The molecule has 0 heterocycles. The summed E-state index contributed by atoms with van der Waals surface area (Å²) >= 11 is 13.5. The average Bonchev–Trinajstić information content (AvgIpc) is 2.63. The van der Waals surface area contributed by atoms with Gasteiger partial charge in [-0.1, -0.05) is 29.3 Å². The Morgan fingerprint density at radius 2 is 1.60 bits per heavy atom. The van der Waals surface area contributed by atoms with Gasteiger partial charge in [-0.25, -0.2) is 0 Å². The van der Waals surface area contributed by atoms with Crippen LogP contribution in [-0.4, -0.2) is 0 Å². The Morgan fingerprint density at radius 1 is 0.920 bits per heavy atom. The third kappa shape index (κ3) is 5.18. The first kappa shape index (κ1) is 18.7. The van der Waals surface area contributed by atoms with E-state index in [1.54, 1.807) is 42.1 Å². The van der Waals surface area contributed by atoms with Crippen molar-refractivity contribution in [2.75, 3.05) is 5.32 Å². The maximum atomic E-state index is 9.03. The Kier molecular flexibility index (Phi) is 6.75. The Labute approximate surface area is 159 Å². The number of allylic oxidation sites excluding steroid dienone is 2. The molecule has 0 fully saturated rings. The van der Waals surface area contributed by atoms with Gasteiger partial charge < -0.3 is 5.32 Å². The van der Waals surface area contributed by atoms with E-state index in [1.807, 2.05) is 30.3 Å². The van der Waals surface area contributed by atoms with Crippen molar-refractivity contribution in [1.29, 1.82) is 15.8 Å². The van der Waals surface area contributed by atoms with Crippen molar-refractivity contribution in [2.24, 2.45) is 0 Å². The summed E-state index contributed by atoms with van der Waals surface area (Å²) < 4.78 is 0. The normalized spacial score (nSPS) is 9.40. The first-order chi connectivity index (χ1) is 12.1. The minimum Gasteiger partial charge on any atom is -0.345 e. The van der Waals surface area contributed by atoms with E-state index in [1.165, 1.54) is 0 Å². The molecule has 0 saturated carbocycles. The van der Waals surface area contributed by atoms with E-state index in [-0.39, 0.29) is 11.3 Å². The maximum absolute atomic E-state index is 9.03. The van der Waals surface area contributed by atoms with Crippen LogP contribution in [0.1, 0.15) is 5.56 Å². The van der Waals surface area contributed by atoms with Gasteiger partial charge in [-0.15, -0.1) is 11.8 Å². The van der Waals surface area contributed by atoms with Crippen LogP contribution in [0.4, 0.5) is 5.69 Å². The Hall–Kier alpha value is -2.62. The third-order valence-corrected chi connectivity index (χ3v) is 4.92. The molecule has 0 unspecified atom stereocenters. The number of nitrogens with one attached hydrogen (secondary N) is 1. The van der Waals surface area contributed by atoms with E-state index in [9.17, 15) is 0 Å². The van der Waals surface area contributed by atoms with Gasteiger partial charge in [-0.05, 0) is 42.0 Å². The van der Waals surface area contributed by atoms with E-state index in [0.29, 0.717) is 15.7 Å². The number of anilines is 1. The number of hydrogen-bond acceptors (Lipinski definition) is 5. The molecule has 0 spiro atoms. The number of hydrogen-bond donors (Lipinski definition) is 1. The third-order valence-electron chi connectivity index (χ3n) is 3.10. The van der Waals surface area contributed by atoms with Crippen LogP contribution in [0.3, 0.4) is 0 Å². The molecule has 2 aromatic rings. The molecule has 4 nitrogen and oxygen atoms in total. The minimum atomic E-state index is -0.249. The van der Waals surface area contributed by atoms with Crippen LogP contribution in [0.5, 0.6) is 0 Å². The van der Waals surface area contributed by atoms with Gasteiger partial charge in [0.1, 0.15) is 23.9 Å². The molecule has 0 bridgehead atoms. The van der Waals surface area contributed by atoms with Crippen molar-refractivity contribution in [3.05, 3.63) is 69.3 Å². The number of halogens is 2. The van der Waals surface area contributed by atoms with Crippen LogP contribution < -0.4 is 5.32 Å². The van der Waals surface area contributed by atoms with Gasteiger partial charge in [-0.3, -0.25) is 0 Å². The molecule has 2 rings (SSSR count). The highest BCUT2D eigenvalue weighted by Gasteiger charge is 2.06. The average molecular weight is 385 g/mol. The second-order valence-electron chi connectivity index (χ2n) is 4.77. The van der Waals surface area contributed by atoms with Gasteiger partial charge in [0.15, 0.2) is 5.57 Å². The quantitative estimate of drug-likeness (QED) is 0.541. The van der Waals surface area contributed by atoms with Crippen LogP contribution in [0, 0.1) is 34.0 Å². The summed E-state index contributed by atoms with van der Waals surface area (Å²) in [6, 6.07) is 18.1. The lowest BCUT2D eigenvalue weighted by Crippen LogP contribution is -2.00. The van der Waals surface area contributed by atoms with Gasteiger partial charge in [0.05, 0.1) is 10.0 Å². The van der Waals surface area contributed by atoms with Crippen LogP contribution in [0.15, 0.2) is 58.6 Å². The smallest absolute Gasteiger partial charge is 0.163 e. The lowest BCUT2D eigenvalue weighted by Gasteiger charge is -2.07. The summed E-state index contributed by atoms with van der Waals surface area (Å²) in [7, 11) is 0. The first-order valence-electron chi connectivity index (χ1n) is 6.95. The zero-order valence-corrected chi connectivity index (χ0v) is 15.1. The molecule has 7 heteroatoms. The van der Waals surface area contributed by atoms with Gasteiger partial charge in [0, 0.05) is 16.3 Å². The number of rotatable bonds is 5. The topological polar surface area (TPSA) is 83.4 Å². The number of benzene rings is 2. The van der Waals surface area contributed by atoms with Crippen LogP contribution >= 0.6 is 35.0 Å². The number of thioether (sulfide) groups is 1. The van der Waals surface area contributed by atoms with Gasteiger partial charge in [-0.2, -0.15) is 15.8 Å². The molecule has 0 saturated heterocycles. The lowest BCUT2D eigenvalue weighted by atomic mass is 10.2. The summed E-state index contributed by atoms with van der Waals surface area (Å²) in [5, 5.41) is 30.5. The minimum absolute atomic E-state index is 0.0683. The fraction of sp³-hybridized carbons (Fsp3) is 0.0556. The van der Waals surface area contributed by atoms with Crippen molar-refractivity contribution in [1.82, 2.24) is 0 Å². The molecule has 1 N–H and O–H groups in total. The summed E-state index contributed by atoms with van der Waals surface area (Å²) in [6.45, 7) is 0. The Bertz CT molecular complexity index is 916. The second kappa shape index (κ2) is 9.02. The van der Waals surface area contributed by atoms with Gasteiger partial charge in [0.25, 0.3) is 0 Å². The molecule has 25 heavy (non-hydrogen) atoms. The van der Waals surface area contributed by atoms with Crippen molar-refractivity contribution in [3.63, 3.8) is 0 Å². The second-order valence-corrected chi connectivity index (χ2v) is 6.64. The molecule has 122 valence electrons. The van der Waals surface area contributed by atoms with Crippen molar-refractivity contribution >= 4 is 40.7 Å². The molecule has 0 aromatic heterocycles. The fourth-order valence-corrected chi connectivity index (χ4v) is 3.02. The Morgan fingerprint density at radius 3 is 2.16 bits per heavy atom. The summed E-state index contributed by atoms with van der Waals surface area (Å²) in [6.07, 6.45) is 0. The predicted molar refractivity (Wildman–Crippen MR) is 100.0 cm³/mol. The first-order valence-corrected chi connectivity index (χ1v) is 8.70. The molecule has 0 atom stereocenters. The van der Waals surface area contributed by atoms with Crippen molar-refractivity contribution in [2.45, 2.75) is 10.6 Å². The van der Waals surface area contributed by atoms with Crippen molar-refractivity contribution < 1.29 is 0 Å². The van der Waals surface area contributed by atoms with E-state index >= 15 is 0 Å². The van der Waals surface area contributed by atoms with Crippen LogP contribution in [0.25, 0.3) is 0 Å². The fourth-order valence-electron chi connectivity index (χ4n) is 1.86. The van der Waals surface area contributed by atoms with E-state index in [2.05, 4.69) is 5.32 Å². The highest BCUT2D eigenvalue weighted by Crippen LogP contribution is 2.28. The van der Waals surface area contributed by atoms with Crippen LogP contribution in [0.2, 0.25) is 10.0 Å². The van der Waals surface area contributed by atoms with Crippen molar-refractivity contribution in [3.8, 4) is 18.2 Å². The highest BCUT2D eigenvalue weighted by atomic mass is 35.5. The molecule has 0 amide bonds. The van der Waals surface area contributed by atoms with E-state index in [4.69, 9.17) is 39.0 Å². The molecule has 0 aliphatic rings. The molecular weight excluding hydrogens is 375 g/mol. The molecule has 0 radical (unpaired) electrons.